The maximum Gasteiger partial charge on any atom is 0.276 e. The number of hydrazone groups is 1. The quantitative estimate of drug-likeness (QED) is 0.199. The second-order valence-electron chi connectivity index (χ2n) is 10.1. The summed E-state index contributed by atoms with van der Waals surface area (Å²) in [6, 6.07) is 15.7. The minimum atomic E-state index is -0.671. The van der Waals surface area contributed by atoms with Crippen LogP contribution >= 0.6 is 34.8 Å². The zero-order valence-corrected chi connectivity index (χ0v) is 24.1. The lowest BCUT2D eigenvalue weighted by Gasteiger charge is -2.38. The summed E-state index contributed by atoms with van der Waals surface area (Å²) in [5.41, 5.74) is 4.25. The smallest absolute Gasteiger partial charge is 0.276 e. The number of halogens is 4. The second-order valence-corrected chi connectivity index (χ2v) is 11.3. The van der Waals surface area contributed by atoms with Gasteiger partial charge < -0.3 is 14.4 Å². The van der Waals surface area contributed by atoms with Crippen LogP contribution in [0.3, 0.4) is 0 Å². The van der Waals surface area contributed by atoms with Crippen molar-refractivity contribution >= 4 is 69.2 Å². The minimum Gasteiger partial charge on any atom is -0.367 e. The van der Waals surface area contributed by atoms with E-state index in [9.17, 15) is 9.59 Å². The molecule has 6 rings (SSSR count). The van der Waals surface area contributed by atoms with E-state index in [1.807, 2.05) is 21.6 Å². The number of amides is 1. The van der Waals surface area contributed by atoms with E-state index in [2.05, 4.69) is 15.4 Å². The lowest BCUT2D eigenvalue weighted by Crippen LogP contribution is -2.47. The molecule has 1 saturated carbocycles. The molecule has 1 aliphatic heterocycles. The molecule has 0 atom stereocenters. The number of anilines is 2. The molecule has 0 unspecified atom stereocenters. The number of carbonyl (C=O) groups is 1. The summed E-state index contributed by atoms with van der Waals surface area (Å²) in [6.45, 7) is 2.37. The van der Waals surface area contributed by atoms with Gasteiger partial charge in [0, 0.05) is 54.4 Å². The average Bonchev–Trinajstić information content (AvgIpc) is 3.81. The predicted octanol–water partition coefficient (Wildman–Crippen LogP) is 6.53. The number of benzene rings is 3. The van der Waals surface area contributed by atoms with E-state index in [0.717, 1.165) is 18.5 Å². The number of fused-ring (bicyclic) bond motifs is 1. The molecular weight excluding hydrogens is 588 g/mol. The lowest BCUT2D eigenvalue weighted by atomic mass is 10.1. The van der Waals surface area contributed by atoms with Crippen LogP contribution in [0.15, 0.2) is 70.7 Å². The highest BCUT2D eigenvalue weighted by atomic mass is 35.5. The first-order valence-corrected chi connectivity index (χ1v) is 14.4. The Morgan fingerprint density at radius 2 is 1.61 bits per heavy atom. The molecule has 210 valence electrons. The van der Waals surface area contributed by atoms with Crippen LogP contribution in [0.5, 0.6) is 0 Å². The first-order chi connectivity index (χ1) is 19.8. The Morgan fingerprint density at radius 3 is 2.32 bits per heavy atom. The SMILES string of the molecule is O=C(N/N=C\c1ccccc1Cl)c1cn(C2CC2)c2cc(N3CCN(c4cccc(Cl)c4Cl)CC3)c(F)cc2c1=O. The fraction of sp³-hybridized carbons (Fsp3) is 0.233. The Morgan fingerprint density at radius 1 is 0.927 bits per heavy atom. The molecule has 41 heavy (non-hydrogen) atoms. The summed E-state index contributed by atoms with van der Waals surface area (Å²) in [6.07, 6.45) is 4.79. The van der Waals surface area contributed by atoms with E-state index in [1.165, 1.54) is 12.3 Å². The molecule has 1 amide bonds. The number of hydrogen-bond donors (Lipinski definition) is 1. The van der Waals surface area contributed by atoms with Gasteiger partial charge in [-0.3, -0.25) is 9.59 Å². The van der Waals surface area contributed by atoms with Gasteiger partial charge in [-0.05, 0) is 43.2 Å². The predicted molar refractivity (Wildman–Crippen MR) is 164 cm³/mol. The van der Waals surface area contributed by atoms with Crippen molar-refractivity contribution in [1.82, 2.24) is 9.99 Å². The van der Waals surface area contributed by atoms with Crippen molar-refractivity contribution in [3.05, 3.63) is 103 Å². The Hall–Kier alpha value is -3.59. The van der Waals surface area contributed by atoms with Crippen molar-refractivity contribution < 1.29 is 9.18 Å². The van der Waals surface area contributed by atoms with E-state index in [1.54, 1.807) is 42.6 Å². The van der Waals surface area contributed by atoms with Crippen LogP contribution in [-0.4, -0.2) is 42.9 Å². The number of aromatic nitrogens is 1. The van der Waals surface area contributed by atoms with Crippen molar-refractivity contribution in [3.8, 4) is 0 Å². The van der Waals surface area contributed by atoms with Crippen molar-refractivity contribution in [1.29, 1.82) is 0 Å². The van der Waals surface area contributed by atoms with Crippen LogP contribution in [0.2, 0.25) is 15.1 Å². The fourth-order valence-corrected chi connectivity index (χ4v) is 5.74. The third-order valence-corrected chi connectivity index (χ3v) is 8.61. The van der Waals surface area contributed by atoms with Gasteiger partial charge in [-0.2, -0.15) is 5.10 Å². The van der Waals surface area contributed by atoms with Gasteiger partial charge in [-0.25, -0.2) is 9.82 Å². The van der Waals surface area contributed by atoms with E-state index in [0.29, 0.717) is 58.0 Å². The molecule has 1 saturated heterocycles. The number of nitrogens with zero attached hydrogens (tertiary/aromatic N) is 4. The second kappa shape index (κ2) is 11.4. The third kappa shape index (κ3) is 5.52. The Labute approximate surface area is 250 Å². The maximum absolute atomic E-state index is 15.6. The van der Waals surface area contributed by atoms with Gasteiger partial charge in [0.1, 0.15) is 11.4 Å². The summed E-state index contributed by atoms with van der Waals surface area (Å²) in [7, 11) is 0. The minimum absolute atomic E-state index is 0.0973. The molecule has 4 aromatic rings. The number of carbonyl (C=O) groups excluding carboxylic acids is 1. The van der Waals surface area contributed by atoms with Gasteiger partial charge in [0.25, 0.3) is 5.91 Å². The average molecular weight is 613 g/mol. The summed E-state index contributed by atoms with van der Waals surface area (Å²) < 4.78 is 17.5. The van der Waals surface area contributed by atoms with E-state index >= 15 is 4.39 Å². The van der Waals surface area contributed by atoms with E-state index in [4.69, 9.17) is 34.8 Å². The molecule has 1 aromatic heterocycles. The van der Waals surface area contributed by atoms with Crippen LogP contribution in [0.1, 0.15) is 34.8 Å². The van der Waals surface area contributed by atoms with Crippen molar-refractivity contribution in [2.45, 2.75) is 18.9 Å². The van der Waals surface area contributed by atoms with Gasteiger partial charge in [0.2, 0.25) is 5.43 Å². The Kier molecular flexibility index (Phi) is 7.64. The summed E-state index contributed by atoms with van der Waals surface area (Å²) in [5.74, 6) is -1.18. The molecule has 0 bridgehead atoms. The highest BCUT2D eigenvalue weighted by Crippen LogP contribution is 2.38. The number of piperazine rings is 1. The fourth-order valence-electron chi connectivity index (χ4n) is 5.14. The zero-order chi connectivity index (χ0) is 28.7. The van der Waals surface area contributed by atoms with Crippen LogP contribution in [0.4, 0.5) is 15.8 Å². The van der Waals surface area contributed by atoms with Gasteiger partial charge in [0.15, 0.2) is 0 Å². The standard InChI is InChI=1S/C30H25Cl3FN5O2/c31-22-5-2-1-4-18(22)16-35-36-30(41)21-17-39(19-8-9-19)26-15-27(24(34)14-20(26)29(21)40)38-12-10-37(11-13-38)25-7-3-6-23(32)28(25)33/h1-7,14-17,19H,8-13H2,(H,36,41)/b35-16-. The summed E-state index contributed by atoms with van der Waals surface area (Å²) in [5, 5.41) is 5.59. The summed E-state index contributed by atoms with van der Waals surface area (Å²) in [4.78, 5) is 30.5. The van der Waals surface area contributed by atoms with Crippen LogP contribution in [0.25, 0.3) is 10.9 Å². The van der Waals surface area contributed by atoms with Crippen LogP contribution in [-0.2, 0) is 0 Å². The van der Waals surface area contributed by atoms with Gasteiger partial charge in [-0.15, -0.1) is 0 Å². The number of nitrogens with one attached hydrogen (secondary N) is 1. The molecule has 7 nitrogen and oxygen atoms in total. The van der Waals surface area contributed by atoms with Crippen molar-refractivity contribution in [3.63, 3.8) is 0 Å². The molecule has 2 fully saturated rings. The number of rotatable bonds is 6. The molecule has 3 aromatic carbocycles. The molecule has 1 aliphatic carbocycles. The molecule has 2 aliphatic rings. The first-order valence-electron chi connectivity index (χ1n) is 13.2. The molecule has 0 spiro atoms. The van der Waals surface area contributed by atoms with Crippen LogP contribution < -0.4 is 20.7 Å². The number of hydrogen-bond acceptors (Lipinski definition) is 5. The highest BCUT2D eigenvalue weighted by molar-refractivity contribution is 6.43. The molecular formula is C30H25Cl3FN5O2. The van der Waals surface area contributed by atoms with Crippen LogP contribution in [0, 0.1) is 5.82 Å². The monoisotopic (exact) mass is 611 g/mol. The van der Waals surface area contributed by atoms with Gasteiger partial charge in [-0.1, -0.05) is 59.1 Å². The summed E-state index contributed by atoms with van der Waals surface area (Å²) >= 11 is 18.7. The Balaban J connectivity index is 1.27. The molecule has 2 heterocycles. The zero-order valence-electron chi connectivity index (χ0n) is 21.8. The normalized spacial score (nSPS) is 15.6. The highest BCUT2D eigenvalue weighted by Gasteiger charge is 2.29. The van der Waals surface area contributed by atoms with Gasteiger partial charge >= 0.3 is 0 Å². The molecule has 0 radical (unpaired) electrons. The van der Waals surface area contributed by atoms with Gasteiger partial charge in [0.05, 0.1) is 33.2 Å². The lowest BCUT2D eigenvalue weighted by molar-refractivity contribution is 0.0953. The topological polar surface area (TPSA) is 69.9 Å². The van der Waals surface area contributed by atoms with E-state index < -0.39 is 17.2 Å². The third-order valence-electron chi connectivity index (χ3n) is 7.45. The van der Waals surface area contributed by atoms with Crippen molar-refractivity contribution in [2.75, 3.05) is 36.0 Å². The largest absolute Gasteiger partial charge is 0.367 e. The first kappa shape index (κ1) is 27.6. The Bertz CT molecular complexity index is 1750. The van der Waals surface area contributed by atoms with Crippen molar-refractivity contribution in [2.24, 2.45) is 5.10 Å². The van der Waals surface area contributed by atoms with E-state index in [-0.39, 0.29) is 17.0 Å². The number of pyridine rings is 1. The molecule has 11 heteroatoms. The maximum atomic E-state index is 15.6. The molecule has 1 N–H and O–H groups in total.